The number of unbranched alkanes of at least 4 members (excludes halogenated alkanes) is 1. The lowest BCUT2D eigenvalue weighted by molar-refractivity contribution is -0.00281. The minimum atomic E-state index is -0.0786. The predicted octanol–water partition coefficient (Wildman–Crippen LogP) is 3.99. The number of hydrogen-bond acceptors (Lipinski definition) is 2. The van der Waals surface area contributed by atoms with Crippen LogP contribution in [-0.4, -0.2) is 35.1 Å². The van der Waals surface area contributed by atoms with Crippen molar-refractivity contribution in [3.05, 3.63) is 64.4 Å². The van der Waals surface area contributed by atoms with Gasteiger partial charge in [-0.1, -0.05) is 55.3 Å². The number of benzene rings is 1. The molecule has 0 aliphatic heterocycles. The fourth-order valence-electron chi connectivity index (χ4n) is 2.45. The molecule has 23 heavy (non-hydrogen) atoms. The molecule has 0 fully saturated rings. The maximum absolute atomic E-state index is 9.06. The molecule has 0 bridgehead atoms. The molecule has 0 aromatic heterocycles. The fourth-order valence-corrected chi connectivity index (χ4v) is 2.66. The maximum Gasteiger partial charge on any atom is 0.336 e. The van der Waals surface area contributed by atoms with Crippen molar-refractivity contribution in [2.45, 2.75) is 32.4 Å². The van der Waals surface area contributed by atoms with Crippen LogP contribution in [0.4, 0.5) is 0 Å². The second kappa shape index (κ2) is 8.68. The van der Waals surface area contributed by atoms with Crippen LogP contribution in [0, 0.1) is 0 Å². The summed E-state index contributed by atoms with van der Waals surface area (Å²) >= 11 is 6.19. The number of nitrogens with zero attached hydrogens (tertiary/aromatic N) is 3. The summed E-state index contributed by atoms with van der Waals surface area (Å²) in [5.41, 5.74) is 10.6. The Morgan fingerprint density at radius 1 is 1.30 bits per heavy atom. The van der Waals surface area contributed by atoms with E-state index in [2.05, 4.69) is 28.7 Å². The molecule has 0 saturated heterocycles. The van der Waals surface area contributed by atoms with Crippen LogP contribution in [0.25, 0.3) is 5.53 Å². The van der Waals surface area contributed by atoms with Gasteiger partial charge in [-0.25, -0.2) is 0 Å². The Kier molecular flexibility index (Phi) is 6.60. The van der Waals surface area contributed by atoms with Gasteiger partial charge in [-0.15, -0.1) is 0 Å². The number of hydrogen-bond donors (Lipinski definition) is 0. The van der Waals surface area contributed by atoms with Gasteiger partial charge in [0.25, 0.3) is 0 Å². The first-order valence-electron chi connectivity index (χ1n) is 7.84. The van der Waals surface area contributed by atoms with E-state index in [0.29, 0.717) is 17.4 Å². The Bertz CT molecular complexity index is 633. The normalized spacial score (nSPS) is 17.6. The van der Waals surface area contributed by atoms with Crippen molar-refractivity contribution in [2.75, 3.05) is 13.7 Å². The minimum Gasteiger partial charge on any atom is -0.496 e. The highest BCUT2D eigenvalue weighted by Gasteiger charge is 2.28. The number of halogens is 1. The summed E-state index contributed by atoms with van der Waals surface area (Å²) in [6, 6.07) is 10.2. The zero-order valence-electron chi connectivity index (χ0n) is 13.6. The van der Waals surface area contributed by atoms with Crippen LogP contribution < -0.4 is 0 Å². The van der Waals surface area contributed by atoms with Crippen LogP contribution in [0.5, 0.6) is 0 Å². The van der Waals surface area contributed by atoms with Crippen molar-refractivity contribution in [1.29, 1.82) is 0 Å². The van der Waals surface area contributed by atoms with E-state index in [1.165, 1.54) is 5.56 Å². The van der Waals surface area contributed by atoms with Gasteiger partial charge in [0.1, 0.15) is 10.8 Å². The number of allylic oxidation sites excluding steroid dienone is 2. The Morgan fingerprint density at radius 3 is 2.70 bits per heavy atom. The van der Waals surface area contributed by atoms with Gasteiger partial charge in [0.15, 0.2) is 0 Å². The first-order chi connectivity index (χ1) is 11.2. The van der Waals surface area contributed by atoms with Gasteiger partial charge >= 0.3 is 5.71 Å². The van der Waals surface area contributed by atoms with Crippen molar-refractivity contribution >= 4 is 17.3 Å². The van der Waals surface area contributed by atoms with Crippen molar-refractivity contribution in [3.8, 4) is 0 Å². The second-order valence-electron chi connectivity index (χ2n) is 5.59. The van der Waals surface area contributed by atoms with E-state index in [0.717, 1.165) is 25.1 Å². The van der Waals surface area contributed by atoms with Gasteiger partial charge < -0.3 is 10.3 Å². The van der Waals surface area contributed by atoms with Gasteiger partial charge in [-0.05, 0) is 25.1 Å². The summed E-state index contributed by atoms with van der Waals surface area (Å²) in [5, 5.41) is 0.431. The molecule has 1 atom stereocenters. The Morgan fingerprint density at radius 2 is 2.04 bits per heavy atom. The van der Waals surface area contributed by atoms with Crippen LogP contribution in [0.2, 0.25) is 0 Å². The SMILES string of the molecule is CCCCOC1=CC(=[N+]=[N-])C(Cl)=CC1N(C)Cc1ccccc1. The molecule has 1 aromatic rings. The Balaban J connectivity index is 2.16. The topological polar surface area (TPSA) is 48.9 Å². The molecule has 0 radical (unpaired) electrons. The molecule has 1 unspecified atom stereocenters. The second-order valence-corrected chi connectivity index (χ2v) is 6.00. The molecule has 0 N–H and O–H groups in total. The van der Waals surface area contributed by atoms with Crippen molar-refractivity contribution in [2.24, 2.45) is 0 Å². The molecular formula is C18H22ClN3O. The van der Waals surface area contributed by atoms with Crippen LogP contribution in [0.3, 0.4) is 0 Å². The molecule has 2 rings (SSSR count). The third kappa shape index (κ3) is 4.80. The first-order valence-corrected chi connectivity index (χ1v) is 8.21. The van der Waals surface area contributed by atoms with Gasteiger partial charge in [0.2, 0.25) is 0 Å². The molecule has 122 valence electrons. The summed E-state index contributed by atoms with van der Waals surface area (Å²) in [4.78, 5) is 5.38. The zero-order chi connectivity index (χ0) is 16.7. The van der Waals surface area contributed by atoms with Crippen molar-refractivity contribution in [3.63, 3.8) is 0 Å². The van der Waals surface area contributed by atoms with Crippen LogP contribution in [0.1, 0.15) is 25.3 Å². The molecular weight excluding hydrogens is 310 g/mol. The molecule has 0 amide bonds. The zero-order valence-corrected chi connectivity index (χ0v) is 14.3. The van der Waals surface area contributed by atoms with Gasteiger partial charge in [-0.3, -0.25) is 4.90 Å². The largest absolute Gasteiger partial charge is 0.496 e. The molecule has 1 aliphatic carbocycles. The predicted molar refractivity (Wildman–Crippen MR) is 93.2 cm³/mol. The highest BCUT2D eigenvalue weighted by Crippen LogP contribution is 2.24. The third-order valence-electron chi connectivity index (χ3n) is 3.74. The van der Waals surface area contributed by atoms with E-state index >= 15 is 0 Å². The average molecular weight is 332 g/mol. The lowest BCUT2D eigenvalue weighted by Crippen LogP contribution is -2.35. The quantitative estimate of drug-likeness (QED) is 0.431. The summed E-state index contributed by atoms with van der Waals surface area (Å²) in [5.74, 6) is 0.758. The summed E-state index contributed by atoms with van der Waals surface area (Å²) in [7, 11) is 2.02. The monoisotopic (exact) mass is 331 g/mol. The first kappa shape index (κ1) is 17.5. The van der Waals surface area contributed by atoms with E-state index in [-0.39, 0.29) is 6.04 Å². The van der Waals surface area contributed by atoms with Gasteiger partial charge in [0, 0.05) is 6.54 Å². The average Bonchev–Trinajstić information content (AvgIpc) is 2.57. The standard InChI is InChI=1S/C18H22ClN3O/c1-3-4-10-23-18-12-16(21-20)15(19)11-17(18)22(2)13-14-8-6-5-7-9-14/h5-9,11-12,17H,3-4,10,13H2,1-2H3. The minimum absolute atomic E-state index is 0.0786. The third-order valence-corrected chi connectivity index (χ3v) is 4.06. The summed E-state index contributed by atoms with van der Waals surface area (Å²) in [6.07, 6.45) is 5.62. The highest BCUT2D eigenvalue weighted by atomic mass is 35.5. The van der Waals surface area contributed by atoms with E-state index in [1.807, 2.05) is 31.3 Å². The van der Waals surface area contributed by atoms with Gasteiger partial charge in [-0.2, -0.15) is 4.79 Å². The fraction of sp³-hybridized carbons (Fsp3) is 0.389. The lowest BCUT2D eigenvalue weighted by atomic mass is 10.0. The smallest absolute Gasteiger partial charge is 0.336 e. The Labute approximate surface area is 142 Å². The Hall–Kier alpha value is -1.87. The van der Waals surface area contributed by atoms with E-state index in [9.17, 15) is 0 Å². The lowest BCUT2D eigenvalue weighted by Gasteiger charge is -2.29. The highest BCUT2D eigenvalue weighted by molar-refractivity contribution is 6.44. The van der Waals surface area contributed by atoms with E-state index in [4.69, 9.17) is 21.9 Å². The molecule has 0 heterocycles. The van der Waals surface area contributed by atoms with Crippen LogP contribution in [0.15, 0.2) is 53.3 Å². The van der Waals surface area contributed by atoms with Crippen molar-refractivity contribution < 1.29 is 9.53 Å². The molecule has 1 aliphatic rings. The molecule has 4 nitrogen and oxygen atoms in total. The molecule has 0 spiro atoms. The van der Waals surface area contributed by atoms with Crippen LogP contribution >= 0.6 is 11.6 Å². The number of rotatable bonds is 7. The molecule has 5 heteroatoms. The number of ether oxygens (including phenoxy) is 1. The molecule has 0 saturated carbocycles. The van der Waals surface area contributed by atoms with E-state index < -0.39 is 0 Å². The maximum atomic E-state index is 9.06. The van der Waals surface area contributed by atoms with Crippen LogP contribution in [-0.2, 0) is 11.3 Å². The van der Waals surface area contributed by atoms with E-state index in [1.54, 1.807) is 6.08 Å². The van der Waals surface area contributed by atoms with Crippen molar-refractivity contribution in [1.82, 2.24) is 4.90 Å². The number of likely N-dealkylation sites (N-methyl/N-ethyl adjacent to an activating group) is 1. The summed E-state index contributed by atoms with van der Waals surface area (Å²) < 4.78 is 5.90. The van der Waals surface area contributed by atoms with Gasteiger partial charge in [0.05, 0.1) is 18.7 Å². The summed E-state index contributed by atoms with van der Waals surface area (Å²) in [6.45, 7) is 3.53. The molecule has 1 aromatic carbocycles.